The Morgan fingerprint density at radius 3 is 2.65 bits per heavy atom. The zero-order chi connectivity index (χ0) is 13.1. The summed E-state index contributed by atoms with van der Waals surface area (Å²) in [6, 6.07) is 0. The number of hydrogen-bond acceptors (Lipinski definition) is 7. The zero-order valence-electron chi connectivity index (χ0n) is 10.0. The lowest BCUT2D eigenvalue weighted by molar-refractivity contribution is 0.413. The first-order chi connectivity index (χ1) is 7.85. The van der Waals surface area contributed by atoms with Crippen molar-refractivity contribution in [1.82, 2.24) is 9.97 Å². The molecule has 0 saturated carbocycles. The molecule has 0 aliphatic rings. The van der Waals surface area contributed by atoms with Crippen molar-refractivity contribution in [2.75, 3.05) is 43.3 Å². The molecule has 2 N–H and O–H groups in total. The van der Waals surface area contributed by atoms with Gasteiger partial charge in [0, 0.05) is 19.8 Å². The Bertz CT molecular complexity index is 489. The molecule has 0 aromatic carbocycles. The Morgan fingerprint density at radius 1 is 1.47 bits per heavy atom. The maximum Gasteiger partial charge on any atom is 0.204 e. The van der Waals surface area contributed by atoms with E-state index in [1.54, 1.807) is 11.9 Å². The Morgan fingerprint density at radius 2 is 2.12 bits per heavy atom. The van der Waals surface area contributed by atoms with E-state index in [9.17, 15) is 8.42 Å². The molecule has 96 valence electrons. The summed E-state index contributed by atoms with van der Waals surface area (Å²) in [7, 11) is 0.165. The Kier molecular flexibility index (Phi) is 4.11. The third-order valence-electron chi connectivity index (χ3n) is 2.18. The molecule has 0 aliphatic carbocycles. The fraction of sp³-hybridized carbons (Fsp3) is 0.556. The van der Waals surface area contributed by atoms with Gasteiger partial charge in [-0.2, -0.15) is 0 Å². The molecule has 17 heavy (non-hydrogen) atoms. The first-order valence-corrected chi connectivity index (χ1v) is 6.94. The van der Waals surface area contributed by atoms with Crippen molar-refractivity contribution in [2.24, 2.45) is 0 Å². The summed E-state index contributed by atoms with van der Waals surface area (Å²) in [4.78, 5) is 9.49. The van der Waals surface area contributed by atoms with Crippen molar-refractivity contribution in [1.29, 1.82) is 0 Å². The molecule has 0 bridgehead atoms. The Hall–Kier alpha value is -1.57. The minimum Gasteiger partial charge on any atom is -0.490 e. The number of methoxy groups -OCH3 is 1. The van der Waals surface area contributed by atoms with E-state index in [1.807, 2.05) is 0 Å². The number of hydrogen-bond donors (Lipinski definition) is 1. The number of nitrogens with zero attached hydrogens (tertiary/aromatic N) is 3. The molecule has 8 heteroatoms. The van der Waals surface area contributed by atoms with Crippen LogP contribution in [0.2, 0.25) is 0 Å². The lowest BCUT2D eigenvalue weighted by Crippen LogP contribution is -2.26. The summed E-state index contributed by atoms with van der Waals surface area (Å²) in [6.45, 7) is 0.311. The van der Waals surface area contributed by atoms with E-state index in [-0.39, 0.29) is 11.6 Å². The predicted molar refractivity (Wildman–Crippen MR) is 66.0 cm³/mol. The van der Waals surface area contributed by atoms with Crippen LogP contribution in [0.25, 0.3) is 0 Å². The van der Waals surface area contributed by atoms with Crippen LogP contribution in [0.4, 0.5) is 11.6 Å². The largest absolute Gasteiger partial charge is 0.490 e. The SMILES string of the molecule is COc1c(N)ncnc1N(C)CCS(C)(=O)=O. The van der Waals surface area contributed by atoms with Crippen LogP contribution in [0.15, 0.2) is 6.33 Å². The van der Waals surface area contributed by atoms with Gasteiger partial charge >= 0.3 is 0 Å². The van der Waals surface area contributed by atoms with Crippen molar-refractivity contribution in [3.05, 3.63) is 6.33 Å². The first-order valence-electron chi connectivity index (χ1n) is 4.88. The highest BCUT2D eigenvalue weighted by molar-refractivity contribution is 7.90. The summed E-state index contributed by atoms with van der Waals surface area (Å²) < 4.78 is 27.2. The number of aromatic nitrogens is 2. The van der Waals surface area contributed by atoms with Gasteiger partial charge in [0.1, 0.15) is 16.2 Å². The summed E-state index contributed by atoms with van der Waals surface area (Å²) in [5.74, 6) is 1.09. The zero-order valence-corrected chi connectivity index (χ0v) is 10.9. The quantitative estimate of drug-likeness (QED) is 0.765. The maximum atomic E-state index is 11.1. The molecule has 7 nitrogen and oxygen atoms in total. The van der Waals surface area contributed by atoms with E-state index in [4.69, 9.17) is 10.5 Å². The molecule has 1 heterocycles. The number of sulfone groups is 1. The van der Waals surface area contributed by atoms with Crippen LogP contribution in [0.1, 0.15) is 0 Å². The van der Waals surface area contributed by atoms with Gasteiger partial charge in [0.15, 0.2) is 11.6 Å². The van der Waals surface area contributed by atoms with Gasteiger partial charge in [0.05, 0.1) is 12.9 Å². The summed E-state index contributed by atoms with van der Waals surface area (Å²) >= 11 is 0. The van der Waals surface area contributed by atoms with Crippen molar-refractivity contribution < 1.29 is 13.2 Å². The fourth-order valence-electron chi connectivity index (χ4n) is 1.25. The second-order valence-corrected chi connectivity index (χ2v) is 5.93. The van der Waals surface area contributed by atoms with Crippen molar-refractivity contribution in [3.8, 4) is 5.75 Å². The third-order valence-corrected chi connectivity index (χ3v) is 3.10. The third kappa shape index (κ3) is 3.74. The molecule has 0 radical (unpaired) electrons. The van der Waals surface area contributed by atoms with Gasteiger partial charge in [0.25, 0.3) is 0 Å². The number of nitrogens with two attached hydrogens (primary N) is 1. The second-order valence-electron chi connectivity index (χ2n) is 3.67. The summed E-state index contributed by atoms with van der Waals surface area (Å²) in [5.41, 5.74) is 5.63. The number of rotatable bonds is 5. The van der Waals surface area contributed by atoms with Crippen LogP contribution >= 0.6 is 0 Å². The molecule has 1 aromatic heterocycles. The molecule has 0 atom stereocenters. The minimum absolute atomic E-state index is 0.0383. The van der Waals surface area contributed by atoms with Gasteiger partial charge in [-0.25, -0.2) is 18.4 Å². The molecular weight excluding hydrogens is 244 g/mol. The van der Waals surface area contributed by atoms with E-state index < -0.39 is 9.84 Å². The topological polar surface area (TPSA) is 98.4 Å². The standard InChI is InChI=1S/C9H16N4O3S/c1-13(4-5-17(3,14)15)9-7(16-2)8(10)11-6-12-9/h6H,4-5H2,1-3H3,(H2,10,11,12). The van der Waals surface area contributed by atoms with Gasteiger partial charge in [-0.3, -0.25) is 0 Å². The van der Waals surface area contributed by atoms with Crippen LogP contribution in [-0.2, 0) is 9.84 Å². The van der Waals surface area contributed by atoms with Gasteiger partial charge in [-0.05, 0) is 0 Å². The van der Waals surface area contributed by atoms with E-state index >= 15 is 0 Å². The van der Waals surface area contributed by atoms with Crippen LogP contribution in [-0.4, -0.2) is 51.1 Å². The first kappa shape index (κ1) is 13.5. The lowest BCUT2D eigenvalue weighted by Gasteiger charge is -2.20. The van der Waals surface area contributed by atoms with E-state index in [2.05, 4.69) is 9.97 Å². The lowest BCUT2D eigenvalue weighted by atomic mass is 10.4. The number of ether oxygens (including phenoxy) is 1. The average Bonchev–Trinajstić information content (AvgIpc) is 2.24. The van der Waals surface area contributed by atoms with Crippen LogP contribution in [0.3, 0.4) is 0 Å². The summed E-state index contributed by atoms with van der Waals surface area (Å²) in [5, 5.41) is 0. The smallest absolute Gasteiger partial charge is 0.204 e. The van der Waals surface area contributed by atoms with E-state index in [0.717, 1.165) is 0 Å². The average molecular weight is 260 g/mol. The van der Waals surface area contributed by atoms with Crippen molar-refractivity contribution in [2.45, 2.75) is 0 Å². The van der Waals surface area contributed by atoms with E-state index in [1.165, 1.54) is 19.7 Å². The highest BCUT2D eigenvalue weighted by Gasteiger charge is 2.15. The van der Waals surface area contributed by atoms with Crippen LogP contribution < -0.4 is 15.4 Å². The summed E-state index contributed by atoms with van der Waals surface area (Å²) in [6.07, 6.45) is 2.50. The van der Waals surface area contributed by atoms with Crippen molar-refractivity contribution in [3.63, 3.8) is 0 Å². The molecule has 0 spiro atoms. The molecule has 0 saturated heterocycles. The Balaban J connectivity index is 2.89. The van der Waals surface area contributed by atoms with Crippen molar-refractivity contribution >= 4 is 21.5 Å². The second kappa shape index (κ2) is 5.17. The molecule has 0 fully saturated rings. The molecule has 1 rings (SSSR count). The Labute approximate surface area is 101 Å². The number of nitrogen functional groups attached to an aromatic ring is 1. The fourth-order valence-corrected chi connectivity index (χ4v) is 1.86. The van der Waals surface area contributed by atoms with Gasteiger partial charge in [-0.1, -0.05) is 0 Å². The molecule has 0 aliphatic heterocycles. The minimum atomic E-state index is -3.01. The van der Waals surface area contributed by atoms with Crippen LogP contribution in [0, 0.1) is 0 Å². The normalized spacial score (nSPS) is 11.2. The highest BCUT2D eigenvalue weighted by Crippen LogP contribution is 2.28. The number of anilines is 2. The maximum absolute atomic E-state index is 11.1. The monoisotopic (exact) mass is 260 g/mol. The van der Waals surface area contributed by atoms with Gasteiger partial charge in [-0.15, -0.1) is 0 Å². The van der Waals surface area contributed by atoms with Gasteiger partial charge in [0.2, 0.25) is 5.75 Å². The van der Waals surface area contributed by atoms with E-state index in [0.29, 0.717) is 18.1 Å². The van der Waals surface area contributed by atoms with Crippen LogP contribution in [0.5, 0.6) is 5.75 Å². The highest BCUT2D eigenvalue weighted by atomic mass is 32.2. The predicted octanol–water partition coefficient (Wildman–Crippen LogP) is -0.452. The molecular formula is C9H16N4O3S. The molecule has 0 amide bonds. The van der Waals surface area contributed by atoms with Gasteiger partial charge < -0.3 is 15.4 Å². The molecule has 1 aromatic rings. The molecule has 0 unspecified atom stereocenters.